The SMILES string of the molecule is C[C@@H](CO)Nc1nc(Nc2c(Cl)cccc2C(F)(F)F)cc(C(F)(F)F)n1. The molecule has 12 heteroatoms. The number of anilines is 3. The van der Waals surface area contributed by atoms with Crippen LogP contribution in [0.25, 0.3) is 0 Å². The summed E-state index contributed by atoms with van der Waals surface area (Å²) in [5, 5.41) is 13.3. The van der Waals surface area contributed by atoms with Crippen molar-refractivity contribution >= 4 is 29.1 Å². The van der Waals surface area contributed by atoms with Crippen LogP contribution in [0.2, 0.25) is 5.02 Å². The lowest BCUT2D eigenvalue weighted by molar-refractivity contribution is -0.141. The molecule has 2 rings (SSSR count). The van der Waals surface area contributed by atoms with E-state index in [0.29, 0.717) is 6.07 Å². The van der Waals surface area contributed by atoms with E-state index < -0.39 is 53.7 Å². The molecule has 0 aliphatic heterocycles. The molecule has 1 aromatic carbocycles. The summed E-state index contributed by atoms with van der Waals surface area (Å²) in [7, 11) is 0. The summed E-state index contributed by atoms with van der Waals surface area (Å²) < 4.78 is 78.6. The number of aromatic nitrogens is 2. The standard InChI is InChI=1S/C15H13ClF6N4O/c1-7(6-27)23-13-24-10(15(20,21)22)5-11(26-13)25-12-8(14(17,18)19)3-2-4-9(12)16/h2-5,7,27H,6H2,1H3,(H2,23,24,25,26)/t7-/m0/s1. The van der Waals surface area contributed by atoms with Gasteiger partial charge in [-0.2, -0.15) is 31.3 Å². The molecule has 0 radical (unpaired) electrons. The number of nitrogens with zero attached hydrogens (tertiary/aromatic N) is 2. The highest BCUT2D eigenvalue weighted by atomic mass is 35.5. The predicted molar refractivity (Wildman–Crippen MR) is 86.9 cm³/mol. The van der Waals surface area contributed by atoms with Crippen LogP contribution in [-0.4, -0.2) is 27.7 Å². The van der Waals surface area contributed by atoms with Crippen molar-refractivity contribution in [2.24, 2.45) is 0 Å². The highest BCUT2D eigenvalue weighted by Gasteiger charge is 2.36. The van der Waals surface area contributed by atoms with Crippen LogP contribution >= 0.6 is 11.6 Å². The Morgan fingerprint density at radius 3 is 2.33 bits per heavy atom. The molecular formula is C15H13ClF6N4O. The molecule has 148 valence electrons. The van der Waals surface area contributed by atoms with E-state index in [9.17, 15) is 26.3 Å². The quantitative estimate of drug-likeness (QED) is 0.618. The van der Waals surface area contributed by atoms with Gasteiger partial charge in [0.2, 0.25) is 5.95 Å². The van der Waals surface area contributed by atoms with Gasteiger partial charge in [-0.15, -0.1) is 0 Å². The fourth-order valence-electron chi connectivity index (χ4n) is 2.00. The van der Waals surface area contributed by atoms with Gasteiger partial charge in [-0.3, -0.25) is 0 Å². The molecule has 0 unspecified atom stereocenters. The number of aliphatic hydroxyl groups excluding tert-OH is 1. The molecule has 27 heavy (non-hydrogen) atoms. The molecule has 0 amide bonds. The lowest BCUT2D eigenvalue weighted by Crippen LogP contribution is -2.22. The number of halogens is 7. The summed E-state index contributed by atoms with van der Waals surface area (Å²) in [6.45, 7) is 1.03. The van der Waals surface area contributed by atoms with Gasteiger partial charge in [-0.25, -0.2) is 4.98 Å². The molecular weight excluding hydrogens is 402 g/mol. The molecule has 0 saturated heterocycles. The zero-order valence-electron chi connectivity index (χ0n) is 13.6. The van der Waals surface area contributed by atoms with Crippen LogP contribution in [0.15, 0.2) is 24.3 Å². The van der Waals surface area contributed by atoms with Crippen molar-refractivity contribution in [1.29, 1.82) is 0 Å². The van der Waals surface area contributed by atoms with Crippen LogP contribution in [0.4, 0.5) is 43.8 Å². The van der Waals surface area contributed by atoms with E-state index in [4.69, 9.17) is 16.7 Å². The summed E-state index contributed by atoms with van der Waals surface area (Å²) in [6, 6.07) is 2.71. The molecule has 5 nitrogen and oxygen atoms in total. The normalized spacial score (nSPS) is 13.4. The summed E-state index contributed by atoms with van der Waals surface area (Å²) in [5.74, 6) is -1.07. The average Bonchev–Trinajstić information content (AvgIpc) is 2.54. The average molecular weight is 415 g/mol. The van der Waals surface area contributed by atoms with E-state index in [-0.39, 0.29) is 5.02 Å². The first-order chi connectivity index (χ1) is 12.4. The number of aliphatic hydroxyl groups is 1. The zero-order valence-corrected chi connectivity index (χ0v) is 14.3. The number of alkyl halides is 6. The van der Waals surface area contributed by atoms with Crippen molar-refractivity contribution in [3.63, 3.8) is 0 Å². The van der Waals surface area contributed by atoms with E-state index >= 15 is 0 Å². The maximum absolute atomic E-state index is 13.1. The molecule has 1 heterocycles. The number of hydrogen-bond donors (Lipinski definition) is 3. The van der Waals surface area contributed by atoms with E-state index in [1.165, 1.54) is 6.92 Å². The fourth-order valence-corrected chi connectivity index (χ4v) is 2.22. The van der Waals surface area contributed by atoms with Gasteiger partial charge >= 0.3 is 12.4 Å². The summed E-state index contributed by atoms with van der Waals surface area (Å²) >= 11 is 5.78. The largest absolute Gasteiger partial charge is 0.433 e. The second-order valence-corrected chi connectivity index (χ2v) is 5.88. The lowest BCUT2D eigenvalue weighted by Gasteiger charge is -2.18. The Labute approximate surface area is 154 Å². The number of rotatable bonds is 5. The first-order valence-corrected chi connectivity index (χ1v) is 7.76. The highest BCUT2D eigenvalue weighted by Crippen LogP contribution is 2.40. The minimum Gasteiger partial charge on any atom is -0.394 e. The summed E-state index contributed by atoms with van der Waals surface area (Å²) in [6.07, 6.45) is -9.66. The van der Waals surface area contributed by atoms with Gasteiger partial charge < -0.3 is 15.7 Å². The van der Waals surface area contributed by atoms with E-state index in [1.807, 2.05) is 0 Å². The Morgan fingerprint density at radius 1 is 1.11 bits per heavy atom. The van der Waals surface area contributed by atoms with Gasteiger partial charge in [-0.05, 0) is 19.1 Å². The van der Waals surface area contributed by atoms with Gasteiger partial charge in [-0.1, -0.05) is 17.7 Å². The monoisotopic (exact) mass is 414 g/mol. The molecule has 0 spiro atoms. The third kappa shape index (κ3) is 5.36. The second kappa shape index (κ2) is 7.77. The molecule has 0 fully saturated rings. The molecule has 0 bridgehead atoms. The van der Waals surface area contributed by atoms with Crippen LogP contribution in [-0.2, 0) is 12.4 Å². The van der Waals surface area contributed by atoms with Crippen LogP contribution in [0, 0.1) is 0 Å². The third-order valence-corrected chi connectivity index (χ3v) is 3.55. The fraction of sp³-hybridized carbons (Fsp3) is 0.333. The topological polar surface area (TPSA) is 70.1 Å². The first-order valence-electron chi connectivity index (χ1n) is 7.38. The van der Waals surface area contributed by atoms with Crippen LogP contribution in [0.5, 0.6) is 0 Å². The van der Waals surface area contributed by atoms with Crippen molar-refractivity contribution in [2.45, 2.75) is 25.3 Å². The van der Waals surface area contributed by atoms with Gasteiger partial charge in [0, 0.05) is 12.1 Å². The van der Waals surface area contributed by atoms with Gasteiger partial charge in [0.15, 0.2) is 5.69 Å². The maximum Gasteiger partial charge on any atom is 0.433 e. The maximum atomic E-state index is 13.1. The van der Waals surface area contributed by atoms with Crippen molar-refractivity contribution in [3.8, 4) is 0 Å². The minimum absolute atomic E-state index is 0.352. The van der Waals surface area contributed by atoms with Crippen molar-refractivity contribution in [3.05, 3.63) is 40.5 Å². The predicted octanol–water partition coefficient (Wildman–Crippen LogP) is 4.70. The number of hydrogen-bond acceptors (Lipinski definition) is 5. The number of para-hydroxylation sites is 1. The first kappa shape index (κ1) is 21.0. The summed E-state index contributed by atoms with van der Waals surface area (Å²) in [4.78, 5) is 7.00. The Hall–Kier alpha value is -2.27. The smallest absolute Gasteiger partial charge is 0.394 e. The van der Waals surface area contributed by atoms with Gasteiger partial charge in [0.25, 0.3) is 0 Å². The second-order valence-electron chi connectivity index (χ2n) is 5.47. The van der Waals surface area contributed by atoms with Crippen LogP contribution in [0.1, 0.15) is 18.2 Å². The Balaban J connectivity index is 2.52. The number of benzene rings is 1. The summed E-state index contributed by atoms with van der Waals surface area (Å²) in [5.41, 5.74) is -3.19. The van der Waals surface area contributed by atoms with Crippen molar-refractivity contribution in [1.82, 2.24) is 9.97 Å². The molecule has 0 saturated carbocycles. The van der Waals surface area contributed by atoms with Crippen LogP contribution in [0.3, 0.4) is 0 Å². The minimum atomic E-state index is -4.87. The van der Waals surface area contributed by atoms with Gasteiger partial charge in [0.1, 0.15) is 5.82 Å². The van der Waals surface area contributed by atoms with Crippen LogP contribution < -0.4 is 10.6 Å². The van der Waals surface area contributed by atoms with Crippen molar-refractivity contribution in [2.75, 3.05) is 17.2 Å². The zero-order chi connectivity index (χ0) is 20.4. The van der Waals surface area contributed by atoms with Gasteiger partial charge in [0.05, 0.1) is 22.9 Å². The Morgan fingerprint density at radius 2 is 1.78 bits per heavy atom. The van der Waals surface area contributed by atoms with E-state index in [1.54, 1.807) is 0 Å². The molecule has 1 aromatic heterocycles. The molecule has 0 aliphatic carbocycles. The van der Waals surface area contributed by atoms with E-state index in [2.05, 4.69) is 20.6 Å². The molecule has 1 atom stereocenters. The number of nitrogens with one attached hydrogen (secondary N) is 2. The highest BCUT2D eigenvalue weighted by molar-refractivity contribution is 6.33. The molecule has 3 N–H and O–H groups in total. The Bertz CT molecular complexity index is 812. The molecule has 0 aliphatic rings. The van der Waals surface area contributed by atoms with Crippen molar-refractivity contribution < 1.29 is 31.4 Å². The lowest BCUT2D eigenvalue weighted by atomic mass is 10.1. The van der Waals surface area contributed by atoms with E-state index in [0.717, 1.165) is 18.2 Å². The third-order valence-electron chi connectivity index (χ3n) is 3.24. The Kier molecular flexibility index (Phi) is 6.05. The molecule has 2 aromatic rings.